The van der Waals surface area contributed by atoms with Crippen LogP contribution in [0.3, 0.4) is 0 Å². The molecule has 8 heteroatoms. The van der Waals surface area contributed by atoms with Gasteiger partial charge in [-0.15, -0.1) is 0 Å². The van der Waals surface area contributed by atoms with Gasteiger partial charge in [-0.05, 0) is 67.5 Å². The molecule has 0 bridgehead atoms. The van der Waals surface area contributed by atoms with Crippen LogP contribution in [0.5, 0.6) is 0 Å². The molecule has 30 heavy (non-hydrogen) atoms. The number of carbonyl (C=O) groups is 1. The zero-order chi connectivity index (χ0) is 20.7. The lowest BCUT2D eigenvalue weighted by atomic mass is 9.97. The first kappa shape index (κ1) is 19.7. The average molecular weight is 442 g/mol. The second-order valence-electron chi connectivity index (χ2n) is 7.94. The number of anilines is 1. The predicted octanol–water partition coefficient (Wildman–Crippen LogP) is 3.82. The quantitative estimate of drug-likeness (QED) is 0.667. The molecule has 1 aromatic heterocycles. The van der Waals surface area contributed by atoms with E-state index in [1.54, 1.807) is 6.07 Å². The number of amides is 1. The number of aryl methyl sites for hydroxylation is 2. The fraction of sp³-hybridized carbons (Fsp3) is 0.364. The second-order valence-corrected chi connectivity index (χ2v) is 10.9. The van der Waals surface area contributed by atoms with E-state index in [0.29, 0.717) is 36.0 Å². The third-order valence-electron chi connectivity index (χ3n) is 6.06. The fourth-order valence-corrected chi connectivity index (χ4v) is 6.74. The van der Waals surface area contributed by atoms with Crippen LogP contribution in [0.25, 0.3) is 10.2 Å². The van der Waals surface area contributed by atoms with E-state index in [0.717, 1.165) is 35.0 Å². The first-order valence-corrected chi connectivity index (χ1v) is 12.5. The van der Waals surface area contributed by atoms with Crippen LogP contribution in [0, 0.1) is 5.92 Å². The van der Waals surface area contributed by atoms with Crippen molar-refractivity contribution in [2.75, 3.05) is 18.4 Å². The number of hydrogen-bond donors (Lipinski definition) is 1. The van der Waals surface area contributed by atoms with Gasteiger partial charge in [0.05, 0.1) is 15.1 Å². The van der Waals surface area contributed by atoms with Crippen LogP contribution in [0.4, 0.5) is 5.13 Å². The van der Waals surface area contributed by atoms with E-state index >= 15 is 0 Å². The number of aromatic nitrogens is 1. The van der Waals surface area contributed by atoms with Gasteiger partial charge < -0.3 is 5.32 Å². The Morgan fingerprint density at radius 2 is 1.83 bits per heavy atom. The first-order chi connectivity index (χ1) is 14.5. The summed E-state index contributed by atoms with van der Waals surface area (Å²) < 4.78 is 28.7. The number of sulfonamides is 1. The Morgan fingerprint density at radius 3 is 2.63 bits per heavy atom. The van der Waals surface area contributed by atoms with Crippen LogP contribution in [0.15, 0.2) is 47.4 Å². The highest BCUT2D eigenvalue weighted by molar-refractivity contribution is 7.89. The molecular weight excluding hydrogens is 418 g/mol. The summed E-state index contributed by atoms with van der Waals surface area (Å²) in [7, 11) is -3.52. The van der Waals surface area contributed by atoms with Crippen LogP contribution in [-0.4, -0.2) is 36.7 Å². The van der Waals surface area contributed by atoms with Gasteiger partial charge in [-0.3, -0.25) is 4.79 Å². The standard InChI is InChI=1S/C22H23N3O3S2/c26-21(24-22-23-19-6-1-2-7-20(19)29-22)16-10-12-25(13-11-16)30(27,28)18-9-8-15-4-3-5-17(15)14-18/h1-2,6-9,14,16H,3-5,10-13H2,(H,23,24,26). The van der Waals surface area contributed by atoms with Gasteiger partial charge in [-0.25, -0.2) is 13.4 Å². The number of piperidine rings is 1. The van der Waals surface area contributed by atoms with E-state index in [2.05, 4.69) is 10.3 Å². The molecule has 2 aliphatic rings. The van der Waals surface area contributed by atoms with Crippen LogP contribution in [0.2, 0.25) is 0 Å². The Bertz CT molecular complexity index is 1180. The van der Waals surface area contributed by atoms with Crippen molar-refractivity contribution in [3.63, 3.8) is 0 Å². The SMILES string of the molecule is O=C(Nc1nc2ccccc2s1)C1CCN(S(=O)(=O)c2ccc3c(c2)CCC3)CC1. The summed E-state index contributed by atoms with van der Waals surface area (Å²) in [5, 5.41) is 3.51. The van der Waals surface area contributed by atoms with Gasteiger partial charge >= 0.3 is 0 Å². The number of nitrogens with one attached hydrogen (secondary N) is 1. The van der Waals surface area contributed by atoms with E-state index in [-0.39, 0.29) is 11.8 Å². The predicted molar refractivity (Wildman–Crippen MR) is 118 cm³/mol. The van der Waals surface area contributed by atoms with Crippen molar-refractivity contribution >= 4 is 42.6 Å². The lowest BCUT2D eigenvalue weighted by Crippen LogP contribution is -2.41. The van der Waals surface area contributed by atoms with Gasteiger partial charge in [0.1, 0.15) is 0 Å². The molecule has 1 saturated heterocycles. The van der Waals surface area contributed by atoms with Gasteiger partial charge in [0.25, 0.3) is 0 Å². The topological polar surface area (TPSA) is 79.4 Å². The number of fused-ring (bicyclic) bond motifs is 2. The maximum atomic E-state index is 13.1. The van der Waals surface area contributed by atoms with Crippen LogP contribution < -0.4 is 5.32 Å². The van der Waals surface area contributed by atoms with Crippen LogP contribution in [0.1, 0.15) is 30.4 Å². The summed E-state index contributed by atoms with van der Waals surface area (Å²) >= 11 is 1.45. The highest BCUT2D eigenvalue weighted by Gasteiger charge is 2.33. The Morgan fingerprint density at radius 1 is 1.07 bits per heavy atom. The lowest BCUT2D eigenvalue weighted by Gasteiger charge is -2.30. The summed E-state index contributed by atoms with van der Waals surface area (Å²) in [6.07, 6.45) is 4.10. The summed E-state index contributed by atoms with van der Waals surface area (Å²) in [6, 6.07) is 13.3. The molecular formula is C22H23N3O3S2. The highest BCUT2D eigenvalue weighted by Crippen LogP contribution is 2.30. The third-order valence-corrected chi connectivity index (χ3v) is 8.90. The minimum absolute atomic E-state index is 0.0800. The summed E-state index contributed by atoms with van der Waals surface area (Å²) in [4.78, 5) is 17.5. The maximum absolute atomic E-state index is 13.1. The number of thiazole rings is 1. The molecule has 3 aromatic rings. The molecule has 0 spiro atoms. The Kier molecular flexibility index (Phi) is 5.08. The van der Waals surface area contributed by atoms with Gasteiger partial charge in [0.2, 0.25) is 15.9 Å². The van der Waals surface area contributed by atoms with E-state index in [1.807, 2.05) is 36.4 Å². The molecule has 0 saturated carbocycles. The Hall–Kier alpha value is -2.29. The number of hydrogen-bond acceptors (Lipinski definition) is 5. The highest BCUT2D eigenvalue weighted by atomic mass is 32.2. The van der Waals surface area contributed by atoms with Crippen molar-refractivity contribution < 1.29 is 13.2 Å². The van der Waals surface area contributed by atoms with Crippen molar-refractivity contribution in [3.8, 4) is 0 Å². The molecule has 6 nitrogen and oxygen atoms in total. The largest absolute Gasteiger partial charge is 0.302 e. The number of rotatable bonds is 4. The second kappa shape index (κ2) is 7.76. The van der Waals surface area contributed by atoms with Crippen LogP contribution >= 0.6 is 11.3 Å². The van der Waals surface area contributed by atoms with E-state index in [9.17, 15) is 13.2 Å². The molecule has 2 aromatic carbocycles. The molecule has 0 unspecified atom stereocenters. The van der Waals surface area contributed by atoms with Crippen molar-refractivity contribution in [2.24, 2.45) is 5.92 Å². The zero-order valence-corrected chi connectivity index (χ0v) is 18.1. The normalized spacial score (nSPS) is 17.9. The number of nitrogens with zero attached hydrogens (tertiary/aromatic N) is 2. The summed E-state index contributed by atoms with van der Waals surface area (Å²) in [6.45, 7) is 0.717. The average Bonchev–Trinajstić information content (AvgIpc) is 3.39. The molecule has 0 atom stereocenters. The molecule has 2 heterocycles. The zero-order valence-electron chi connectivity index (χ0n) is 16.5. The van der Waals surface area contributed by atoms with Gasteiger partial charge in [-0.1, -0.05) is 29.5 Å². The molecule has 156 valence electrons. The van der Waals surface area contributed by atoms with Crippen molar-refractivity contribution in [1.82, 2.24) is 9.29 Å². The molecule has 1 N–H and O–H groups in total. The first-order valence-electron chi connectivity index (χ1n) is 10.3. The Labute approximate surface area is 180 Å². The van der Waals surface area contributed by atoms with E-state index < -0.39 is 10.0 Å². The molecule has 1 fully saturated rings. The van der Waals surface area contributed by atoms with Crippen molar-refractivity contribution in [2.45, 2.75) is 37.0 Å². The van der Waals surface area contributed by atoms with Gasteiger partial charge in [-0.2, -0.15) is 4.31 Å². The molecule has 1 aliphatic carbocycles. The molecule has 1 amide bonds. The molecule has 5 rings (SSSR count). The molecule has 0 radical (unpaired) electrons. The minimum Gasteiger partial charge on any atom is -0.302 e. The summed E-state index contributed by atoms with van der Waals surface area (Å²) in [5.74, 6) is -0.285. The van der Waals surface area contributed by atoms with E-state index in [4.69, 9.17) is 0 Å². The van der Waals surface area contributed by atoms with Crippen LogP contribution in [-0.2, 0) is 27.7 Å². The van der Waals surface area contributed by atoms with Crippen molar-refractivity contribution in [1.29, 1.82) is 0 Å². The number of para-hydroxylation sites is 1. The number of carbonyl (C=O) groups excluding carboxylic acids is 1. The van der Waals surface area contributed by atoms with Crippen molar-refractivity contribution in [3.05, 3.63) is 53.6 Å². The Balaban J connectivity index is 1.23. The smallest absolute Gasteiger partial charge is 0.243 e. The lowest BCUT2D eigenvalue weighted by molar-refractivity contribution is -0.120. The van der Waals surface area contributed by atoms with Gasteiger partial charge in [0, 0.05) is 19.0 Å². The third kappa shape index (κ3) is 3.64. The fourth-order valence-electron chi connectivity index (χ4n) is 4.35. The monoisotopic (exact) mass is 441 g/mol. The van der Waals surface area contributed by atoms with E-state index in [1.165, 1.54) is 21.2 Å². The molecule has 1 aliphatic heterocycles. The summed E-state index contributed by atoms with van der Waals surface area (Å²) in [5.41, 5.74) is 3.29. The maximum Gasteiger partial charge on any atom is 0.243 e. The number of benzene rings is 2. The minimum atomic E-state index is -3.52. The van der Waals surface area contributed by atoms with Gasteiger partial charge in [0.15, 0.2) is 5.13 Å².